The molecule has 0 aromatic heterocycles. The van der Waals surface area contributed by atoms with Crippen molar-refractivity contribution in [3.05, 3.63) is 29.8 Å². The molecule has 1 rings (SSSR count). The number of carbonyl (C=O) groups is 3. The lowest BCUT2D eigenvalue weighted by atomic mass is 10.1. The highest BCUT2D eigenvalue weighted by atomic mass is 16.4. The smallest absolute Gasteiger partial charge is 0.328 e. The molecule has 4 N–H and O–H groups in total. The van der Waals surface area contributed by atoms with Crippen molar-refractivity contribution in [3.63, 3.8) is 0 Å². The summed E-state index contributed by atoms with van der Waals surface area (Å²) in [6.45, 7) is 2.69. The van der Waals surface area contributed by atoms with Crippen LogP contribution in [-0.2, 0) is 4.79 Å². The fourth-order valence-electron chi connectivity index (χ4n) is 1.49. The van der Waals surface area contributed by atoms with Crippen molar-refractivity contribution in [2.75, 3.05) is 5.32 Å². The molecule has 108 valence electrons. The number of aliphatic hydroxyl groups is 1. The van der Waals surface area contributed by atoms with Gasteiger partial charge in [-0.25, -0.2) is 9.59 Å². The summed E-state index contributed by atoms with van der Waals surface area (Å²) in [6, 6.07) is 3.98. The number of amides is 2. The first-order valence-electron chi connectivity index (χ1n) is 5.90. The molecular weight excluding hydrogens is 264 g/mol. The van der Waals surface area contributed by atoms with E-state index in [2.05, 4.69) is 10.6 Å². The molecule has 2 amide bonds. The molecule has 1 aromatic carbocycles. The Kier molecular flexibility index (Phi) is 5.22. The first-order valence-corrected chi connectivity index (χ1v) is 5.90. The number of nitrogens with one attached hydrogen (secondary N) is 2. The summed E-state index contributed by atoms with van der Waals surface area (Å²) in [4.78, 5) is 33.5. The van der Waals surface area contributed by atoms with Gasteiger partial charge < -0.3 is 20.8 Å². The Labute approximate surface area is 115 Å². The molecule has 0 saturated carbocycles. The van der Waals surface area contributed by atoms with Gasteiger partial charge in [0.2, 0.25) is 0 Å². The highest BCUT2D eigenvalue weighted by Crippen LogP contribution is 2.10. The molecule has 2 atom stereocenters. The number of aliphatic hydroxyl groups excluding tert-OH is 1. The van der Waals surface area contributed by atoms with Crippen molar-refractivity contribution in [2.24, 2.45) is 0 Å². The van der Waals surface area contributed by atoms with Crippen LogP contribution in [0, 0.1) is 0 Å². The third kappa shape index (κ3) is 4.36. The summed E-state index contributed by atoms with van der Waals surface area (Å²) in [5, 5.41) is 22.6. The van der Waals surface area contributed by atoms with Crippen LogP contribution >= 0.6 is 0 Å². The number of anilines is 1. The fourth-order valence-corrected chi connectivity index (χ4v) is 1.49. The third-order valence-electron chi connectivity index (χ3n) is 2.58. The molecule has 0 saturated heterocycles. The van der Waals surface area contributed by atoms with Crippen LogP contribution in [0.2, 0.25) is 0 Å². The highest BCUT2D eigenvalue weighted by molar-refractivity contribution is 5.96. The van der Waals surface area contributed by atoms with Crippen molar-refractivity contribution in [1.82, 2.24) is 5.32 Å². The minimum absolute atomic E-state index is 0.0963. The van der Waals surface area contributed by atoms with Crippen LogP contribution in [0.5, 0.6) is 0 Å². The van der Waals surface area contributed by atoms with E-state index in [1.807, 2.05) is 0 Å². The van der Waals surface area contributed by atoms with E-state index in [0.29, 0.717) is 11.3 Å². The number of carbonyl (C=O) groups excluding carboxylic acids is 2. The Morgan fingerprint density at radius 1 is 1.15 bits per heavy atom. The lowest BCUT2D eigenvalue weighted by Crippen LogP contribution is -2.49. The first-order chi connectivity index (χ1) is 9.31. The lowest BCUT2D eigenvalue weighted by molar-refractivity contribution is -0.141. The van der Waals surface area contributed by atoms with Crippen molar-refractivity contribution in [2.45, 2.75) is 26.0 Å². The summed E-state index contributed by atoms with van der Waals surface area (Å²) < 4.78 is 0. The van der Waals surface area contributed by atoms with Crippen molar-refractivity contribution in [3.8, 4) is 0 Å². The molecular formula is C13H16N2O5. The summed E-state index contributed by atoms with van der Waals surface area (Å²) in [5.74, 6) is -1.43. The number of carboxylic acids is 1. The predicted molar refractivity (Wildman–Crippen MR) is 71.7 cm³/mol. The molecule has 0 radical (unpaired) electrons. The highest BCUT2D eigenvalue weighted by Gasteiger charge is 2.24. The number of hydrogen-bond acceptors (Lipinski definition) is 4. The molecule has 1 aromatic rings. The van der Waals surface area contributed by atoms with E-state index >= 15 is 0 Å². The largest absolute Gasteiger partial charge is 0.480 e. The molecule has 7 nitrogen and oxygen atoms in total. The topological polar surface area (TPSA) is 116 Å². The van der Waals surface area contributed by atoms with Gasteiger partial charge in [0.25, 0.3) is 0 Å². The van der Waals surface area contributed by atoms with Crippen LogP contribution in [0.4, 0.5) is 10.5 Å². The fraction of sp³-hybridized carbons (Fsp3) is 0.308. The third-order valence-corrected chi connectivity index (χ3v) is 2.58. The molecule has 0 aliphatic carbocycles. The average molecular weight is 280 g/mol. The van der Waals surface area contributed by atoms with Gasteiger partial charge in [0, 0.05) is 11.3 Å². The minimum atomic E-state index is -1.40. The lowest BCUT2D eigenvalue weighted by Gasteiger charge is -2.17. The monoisotopic (exact) mass is 280 g/mol. The number of rotatable bonds is 5. The normalized spacial score (nSPS) is 13.2. The van der Waals surface area contributed by atoms with Crippen LogP contribution in [0.1, 0.15) is 24.2 Å². The van der Waals surface area contributed by atoms with Gasteiger partial charge in [-0.05, 0) is 38.1 Å². The molecule has 0 heterocycles. The zero-order valence-electron chi connectivity index (χ0n) is 11.1. The van der Waals surface area contributed by atoms with Gasteiger partial charge >= 0.3 is 12.0 Å². The summed E-state index contributed by atoms with van der Waals surface area (Å²) in [5.41, 5.74) is 0.908. The number of carboxylic acid groups (broad SMARTS) is 1. The van der Waals surface area contributed by atoms with E-state index in [0.717, 1.165) is 0 Å². The van der Waals surface area contributed by atoms with Gasteiger partial charge in [-0.15, -0.1) is 0 Å². The molecule has 0 spiro atoms. The van der Waals surface area contributed by atoms with Gasteiger partial charge in [-0.2, -0.15) is 0 Å². The molecule has 0 aliphatic heterocycles. The van der Waals surface area contributed by atoms with Crippen molar-refractivity contribution < 1.29 is 24.6 Å². The Bertz CT molecular complexity index is 510. The molecule has 7 heteroatoms. The van der Waals surface area contributed by atoms with Crippen LogP contribution in [0.25, 0.3) is 0 Å². The summed E-state index contributed by atoms with van der Waals surface area (Å²) >= 11 is 0. The summed E-state index contributed by atoms with van der Waals surface area (Å²) in [7, 11) is 0. The van der Waals surface area contributed by atoms with E-state index in [9.17, 15) is 19.5 Å². The second-order valence-electron chi connectivity index (χ2n) is 4.29. The number of Topliss-reactive ketones (excluding diaryl/α,β-unsaturated/α-hetero) is 1. The molecule has 0 aliphatic rings. The maximum atomic E-state index is 11.6. The summed E-state index contributed by atoms with van der Waals surface area (Å²) in [6.07, 6.45) is -1.22. The second kappa shape index (κ2) is 6.67. The van der Waals surface area contributed by atoms with Crippen LogP contribution in [0.15, 0.2) is 24.3 Å². The number of ketones is 1. The number of aliphatic carboxylic acids is 1. The number of benzene rings is 1. The van der Waals surface area contributed by atoms with Gasteiger partial charge in [-0.1, -0.05) is 0 Å². The van der Waals surface area contributed by atoms with Crippen LogP contribution in [-0.4, -0.2) is 40.1 Å². The average Bonchev–Trinajstić information content (AvgIpc) is 2.35. The number of urea groups is 1. The standard InChI is InChI=1S/C13H16N2O5/c1-7(16)9-3-5-10(6-4-9)14-13(20)15-11(8(2)17)12(18)19/h3-6,8,11,17H,1-2H3,(H,18,19)(H2,14,15,20)/t8-,11+/m1/s1. The predicted octanol–water partition coefficient (Wildman–Crippen LogP) is 0.845. The maximum Gasteiger partial charge on any atom is 0.328 e. The van der Waals surface area contributed by atoms with E-state index in [4.69, 9.17) is 5.11 Å². The van der Waals surface area contributed by atoms with Gasteiger partial charge in [0.15, 0.2) is 11.8 Å². The van der Waals surface area contributed by atoms with Crippen LogP contribution in [0.3, 0.4) is 0 Å². The zero-order chi connectivity index (χ0) is 15.3. The zero-order valence-corrected chi connectivity index (χ0v) is 11.1. The Morgan fingerprint density at radius 3 is 2.10 bits per heavy atom. The Morgan fingerprint density at radius 2 is 1.70 bits per heavy atom. The van der Waals surface area contributed by atoms with E-state index < -0.39 is 24.1 Å². The first kappa shape index (κ1) is 15.6. The van der Waals surface area contributed by atoms with Gasteiger partial charge in [-0.3, -0.25) is 4.79 Å². The van der Waals surface area contributed by atoms with Gasteiger partial charge in [0.1, 0.15) is 0 Å². The SMILES string of the molecule is CC(=O)c1ccc(NC(=O)N[C@H](C(=O)O)[C@@H](C)O)cc1. The molecule has 0 unspecified atom stereocenters. The maximum absolute atomic E-state index is 11.6. The van der Waals surface area contributed by atoms with Crippen molar-refractivity contribution >= 4 is 23.5 Å². The van der Waals surface area contributed by atoms with E-state index in [1.54, 1.807) is 12.1 Å². The Hall–Kier alpha value is -2.41. The minimum Gasteiger partial charge on any atom is -0.480 e. The molecule has 0 fully saturated rings. The number of hydrogen-bond donors (Lipinski definition) is 4. The quantitative estimate of drug-likeness (QED) is 0.597. The van der Waals surface area contributed by atoms with Crippen molar-refractivity contribution in [1.29, 1.82) is 0 Å². The van der Waals surface area contributed by atoms with E-state index in [1.165, 1.54) is 26.0 Å². The molecule has 0 bridgehead atoms. The van der Waals surface area contributed by atoms with Gasteiger partial charge in [0.05, 0.1) is 6.10 Å². The van der Waals surface area contributed by atoms with Crippen LogP contribution < -0.4 is 10.6 Å². The Balaban J connectivity index is 2.66. The molecule has 20 heavy (non-hydrogen) atoms. The second-order valence-corrected chi connectivity index (χ2v) is 4.29. The van der Waals surface area contributed by atoms with E-state index in [-0.39, 0.29) is 5.78 Å².